The minimum atomic E-state index is -0.526. The summed E-state index contributed by atoms with van der Waals surface area (Å²) < 4.78 is 13.2. The smallest absolute Gasteiger partial charge is 0.258 e. The van der Waals surface area contributed by atoms with Crippen LogP contribution >= 0.6 is 0 Å². The zero-order chi connectivity index (χ0) is 15.3. The van der Waals surface area contributed by atoms with Crippen LogP contribution in [0.1, 0.15) is 11.9 Å². The summed E-state index contributed by atoms with van der Waals surface area (Å²) in [7, 11) is 3.41. The second kappa shape index (κ2) is 4.71. The number of pyridine rings is 1. The van der Waals surface area contributed by atoms with Crippen molar-refractivity contribution >= 4 is 10.8 Å². The molecular formula is C18H15NO3. The summed E-state index contributed by atoms with van der Waals surface area (Å²) in [5, 5.41) is 1.55. The van der Waals surface area contributed by atoms with Gasteiger partial charge in [-0.2, -0.15) is 0 Å². The van der Waals surface area contributed by atoms with E-state index in [0.29, 0.717) is 5.39 Å². The van der Waals surface area contributed by atoms with Crippen LogP contribution in [-0.4, -0.2) is 11.7 Å². The highest BCUT2D eigenvalue weighted by Gasteiger charge is 2.30. The Morgan fingerprint density at radius 2 is 1.73 bits per heavy atom. The number of methoxy groups -OCH3 is 1. The highest BCUT2D eigenvalue weighted by atomic mass is 16.7. The van der Waals surface area contributed by atoms with Gasteiger partial charge in [0.25, 0.3) is 5.56 Å². The van der Waals surface area contributed by atoms with Gasteiger partial charge in [-0.1, -0.05) is 30.3 Å². The summed E-state index contributed by atoms with van der Waals surface area (Å²) in [6.45, 7) is 0. The van der Waals surface area contributed by atoms with Gasteiger partial charge in [-0.25, -0.2) is 0 Å². The van der Waals surface area contributed by atoms with Crippen LogP contribution in [0, 0.1) is 0 Å². The van der Waals surface area contributed by atoms with Gasteiger partial charge in [0.2, 0.25) is 6.29 Å². The van der Waals surface area contributed by atoms with Crippen molar-refractivity contribution in [2.75, 3.05) is 7.11 Å². The molecule has 4 nitrogen and oxygen atoms in total. The van der Waals surface area contributed by atoms with E-state index in [-0.39, 0.29) is 5.56 Å². The number of nitrogens with zero attached hydrogens (tertiary/aromatic N) is 1. The fourth-order valence-corrected chi connectivity index (χ4v) is 3.16. The molecule has 0 amide bonds. The quantitative estimate of drug-likeness (QED) is 0.691. The summed E-state index contributed by atoms with van der Waals surface area (Å²) in [6.07, 6.45) is -0.526. The molecule has 1 aliphatic heterocycles. The summed E-state index contributed by atoms with van der Waals surface area (Å²) in [4.78, 5) is 12.7. The lowest BCUT2D eigenvalue weighted by molar-refractivity contribution is -0.0572. The molecule has 4 heteroatoms. The molecule has 0 N–H and O–H groups in total. The van der Waals surface area contributed by atoms with Gasteiger partial charge in [0.05, 0.1) is 11.3 Å². The normalized spacial score (nSPS) is 16.0. The zero-order valence-corrected chi connectivity index (χ0v) is 12.4. The predicted molar refractivity (Wildman–Crippen MR) is 85.0 cm³/mol. The second-order valence-electron chi connectivity index (χ2n) is 5.35. The Morgan fingerprint density at radius 1 is 1.05 bits per heavy atom. The molecular weight excluding hydrogens is 278 g/mol. The maximum atomic E-state index is 12.7. The van der Waals surface area contributed by atoms with Crippen LogP contribution in [0.5, 0.6) is 5.75 Å². The summed E-state index contributed by atoms with van der Waals surface area (Å²) in [5.74, 6) is 0.729. The third-order valence-electron chi connectivity index (χ3n) is 4.17. The van der Waals surface area contributed by atoms with Gasteiger partial charge in [-0.15, -0.1) is 0 Å². The highest BCUT2D eigenvalue weighted by Crippen LogP contribution is 2.44. The minimum absolute atomic E-state index is 0.0130. The molecule has 1 aliphatic rings. The molecule has 22 heavy (non-hydrogen) atoms. The lowest BCUT2D eigenvalue weighted by Crippen LogP contribution is -2.26. The summed E-state index contributed by atoms with van der Waals surface area (Å²) in [5.41, 5.74) is 2.66. The molecule has 1 atom stereocenters. The van der Waals surface area contributed by atoms with E-state index < -0.39 is 6.29 Å². The Balaban J connectivity index is 2.22. The predicted octanol–water partition coefficient (Wildman–Crippen LogP) is 3.24. The molecule has 0 bridgehead atoms. The number of fused-ring (bicyclic) bond motifs is 5. The summed E-state index contributed by atoms with van der Waals surface area (Å²) >= 11 is 0. The van der Waals surface area contributed by atoms with Gasteiger partial charge in [0.15, 0.2) is 0 Å². The van der Waals surface area contributed by atoms with Gasteiger partial charge in [0.1, 0.15) is 5.75 Å². The van der Waals surface area contributed by atoms with Crippen LogP contribution in [0.4, 0.5) is 0 Å². The molecule has 0 radical (unpaired) electrons. The van der Waals surface area contributed by atoms with E-state index in [1.54, 1.807) is 18.7 Å². The fraction of sp³-hybridized carbons (Fsp3) is 0.167. The molecule has 0 aliphatic carbocycles. The molecule has 1 aromatic heterocycles. The number of rotatable bonds is 1. The Hall–Kier alpha value is -2.59. The van der Waals surface area contributed by atoms with Crippen molar-refractivity contribution in [3.05, 3.63) is 64.4 Å². The van der Waals surface area contributed by atoms with Crippen molar-refractivity contribution in [2.45, 2.75) is 6.29 Å². The van der Waals surface area contributed by atoms with E-state index in [1.807, 2.05) is 48.5 Å². The molecule has 0 spiro atoms. The highest BCUT2D eigenvalue weighted by molar-refractivity contribution is 5.91. The molecule has 1 unspecified atom stereocenters. The number of aromatic nitrogens is 1. The number of benzene rings is 2. The van der Waals surface area contributed by atoms with Crippen molar-refractivity contribution in [3.8, 4) is 17.0 Å². The fourth-order valence-electron chi connectivity index (χ4n) is 3.16. The summed E-state index contributed by atoms with van der Waals surface area (Å²) in [6, 6.07) is 15.3. The van der Waals surface area contributed by atoms with Crippen LogP contribution < -0.4 is 10.3 Å². The largest absolute Gasteiger partial charge is 0.460 e. The van der Waals surface area contributed by atoms with Gasteiger partial charge in [-0.05, 0) is 23.6 Å². The Bertz CT molecular complexity index is 943. The average molecular weight is 293 g/mol. The number of para-hydroxylation sites is 1. The standard InChI is InChI=1S/C18H15NO3/c1-19-16-13-9-5-6-10-14(13)22-18(21-2)15(16)11-7-3-4-8-12(11)17(19)20/h3-10,18H,1-2H3. The molecule has 0 fully saturated rings. The molecule has 110 valence electrons. The van der Waals surface area contributed by atoms with Crippen LogP contribution in [-0.2, 0) is 11.8 Å². The van der Waals surface area contributed by atoms with Crippen LogP contribution in [0.2, 0.25) is 0 Å². The maximum absolute atomic E-state index is 12.7. The first-order chi connectivity index (χ1) is 10.7. The van der Waals surface area contributed by atoms with Gasteiger partial charge >= 0.3 is 0 Å². The van der Waals surface area contributed by atoms with E-state index in [9.17, 15) is 4.79 Å². The first-order valence-corrected chi connectivity index (χ1v) is 7.13. The van der Waals surface area contributed by atoms with Crippen molar-refractivity contribution in [2.24, 2.45) is 7.05 Å². The van der Waals surface area contributed by atoms with E-state index in [1.165, 1.54) is 0 Å². The number of ether oxygens (including phenoxy) is 2. The van der Waals surface area contributed by atoms with Crippen LogP contribution in [0.15, 0.2) is 53.3 Å². The molecule has 0 saturated heterocycles. The third-order valence-corrected chi connectivity index (χ3v) is 4.17. The van der Waals surface area contributed by atoms with Gasteiger partial charge in [0, 0.05) is 25.1 Å². The first-order valence-electron chi connectivity index (χ1n) is 7.13. The van der Waals surface area contributed by atoms with Gasteiger partial charge < -0.3 is 14.0 Å². The van der Waals surface area contributed by atoms with Crippen molar-refractivity contribution in [1.29, 1.82) is 0 Å². The minimum Gasteiger partial charge on any atom is -0.460 e. The molecule has 4 rings (SSSR count). The molecule has 2 heterocycles. The Kier molecular flexibility index (Phi) is 2.81. The van der Waals surface area contributed by atoms with E-state index >= 15 is 0 Å². The van der Waals surface area contributed by atoms with E-state index in [4.69, 9.17) is 9.47 Å². The lowest BCUT2D eigenvalue weighted by atomic mass is 9.96. The Labute approximate surface area is 127 Å². The first kappa shape index (κ1) is 13.1. The van der Waals surface area contributed by atoms with Gasteiger partial charge in [-0.3, -0.25) is 4.79 Å². The lowest BCUT2D eigenvalue weighted by Gasteiger charge is -2.30. The van der Waals surface area contributed by atoms with Crippen molar-refractivity contribution < 1.29 is 9.47 Å². The Morgan fingerprint density at radius 3 is 2.50 bits per heavy atom. The van der Waals surface area contributed by atoms with Crippen LogP contribution in [0.3, 0.4) is 0 Å². The molecule has 3 aromatic rings. The van der Waals surface area contributed by atoms with E-state index in [0.717, 1.165) is 28.0 Å². The zero-order valence-electron chi connectivity index (χ0n) is 12.4. The molecule has 0 saturated carbocycles. The monoisotopic (exact) mass is 293 g/mol. The average Bonchev–Trinajstić information content (AvgIpc) is 2.58. The van der Waals surface area contributed by atoms with Crippen molar-refractivity contribution in [3.63, 3.8) is 0 Å². The third kappa shape index (κ3) is 1.64. The maximum Gasteiger partial charge on any atom is 0.258 e. The number of hydrogen-bond acceptors (Lipinski definition) is 3. The molecule has 2 aromatic carbocycles. The van der Waals surface area contributed by atoms with Crippen LogP contribution in [0.25, 0.3) is 22.0 Å². The second-order valence-corrected chi connectivity index (χ2v) is 5.35. The number of hydrogen-bond donors (Lipinski definition) is 0. The SMILES string of the molecule is COC1Oc2ccccc2-c2c1c1ccccc1c(=O)n2C. The van der Waals surface area contributed by atoms with Crippen molar-refractivity contribution in [1.82, 2.24) is 4.57 Å². The topological polar surface area (TPSA) is 40.5 Å². The van der Waals surface area contributed by atoms with E-state index in [2.05, 4.69) is 0 Å².